The van der Waals surface area contributed by atoms with E-state index in [4.69, 9.17) is 15.2 Å². The van der Waals surface area contributed by atoms with Crippen LogP contribution in [-0.4, -0.2) is 34.4 Å². The highest BCUT2D eigenvalue weighted by atomic mass is 16.3. The Hall–Kier alpha value is -5.24. The molecule has 3 aromatic carbocycles. The Morgan fingerprint density at radius 2 is 1.80 bits per heavy atom. The number of hydrogen-bond donors (Lipinski definition) is 1. The molecule has 1 aliphatic rings. The van der Waals surface area contributed by atoms with E-state index in [1.807, 2.05) is 41.9 Å². The van der Waals surface area contributed by atoms with Crippen molar-refractivity contribution < 1.29 is 4.42 Å². The standard InChI is InChI=1S/C33H31N7O/c1-19-10-7-8-13-27(19)40-21(3)29-20(2)11-9-12-23(29)16-25(40)18-39-33(36-6)30(32(34)35-5)31(38-39)24-14-15-28-26(17-24)37-22(4)41-28/h7-17H,3,6,18H2,1-2,4-5H3,(H2,34,35). The number of hydrogen-bond acceptors (Lipinski definition) is 6. The largest absolute Gasteiger partial charge is 0.441 e. The first-order valence-corrected chi connectivity index (χ1v) is 13.3. The number of aliphatic imine (C=N–C) groups is 2. The van der Waals surface area contributed by atoms with E-state index < -0.39 is 0 Å². The molecule has 5 aromatic rings. The fourth-order valence-electron chi connectivity index (χ4n) is 5.58. The van der Waals surface area contributed by atoms with Gasteiger partial charge < -0.3 is 15.1 Å². The molecule has 3 heterocycles. The van der Waals surface area contributed by atoms with E-state index in [1.54, 1.807) is 7.05 Å². The van der Waals surface area contributed by atoms with E-state index in [0.29, 0.717) is 40.9 Å². The molecule has 41 heavy (non-hydrogen) atoms. The normalized spacial score (nSPS) is 13.5. The zero-order chi connectivity index (χ0) is 28.8. The Morgan fingerprint density at radius 1 is 1.02 bits per heavy atom. The Labute approximate surface area is 238 Å². The number of allylic oxidation sites excluding steroid dienone is 1. The highest BCUT2D eigenvalue weighted by Crippen LogP contribution is 2.41. The topological polar surface area (TPSA) is 97.8 Å². The Kier molecular flexibility index (Phi) is 6.38. The van der Waals surface area contributed by atoms with Crippen molar-refractivity contribution in [3.8, 4) is 11.3 Å². The molecule has 0 atom stereocenters. The van der Waals surface area contributed by atoms with Gasteiger partial charge in [-0.25, -0.2) is 14.7 Å². The van der Waals surface area contributed by atoms with Crippen LogP contribution < -0.4 is 10.6 Å². The molecular formula is C33H31N7O. The Bertz CT molecular complexity index is 1920. The number of rotatable bonds is 6. The maximum atomic E-state index is 6.45. The van der Waals surface area contributed by atoms with Gasteiger partial charge in [-0.2, -0.15) is 5.10 Å². The SMILES string of the molecule is C=Nc1c(C(N)=NC)c(-c2ccc3oc(C)nc3c2)nn1CC1=Cc2cccc(C)c2C(=C)N1c1ccccc1C. The maximum absolute atomic E-state index is 6.45. The predicted molar refractivity (Wildman–Crippen MR) is 168 cm³/mol. The number of para-hydroxylation sites is 1. The lowest BCUT2D eigenvalue weighted by Crippen LogP contribution is -2.28. The van der Waals surface area contributed by atoms with Crippen molar-refractivity contribution in [3.63, 3.8) is 0 Å². The predicted octanol–water partition coefficient (Wildman–Crippen LogP) is 6.82. The van der Waals surface area contributed by atoms with E-state index in [2.05, 4.69) is 83.4 Å². The third kappa shape index (κ3) is 4.34. The van der Waals surface area contributed by atoms with Crippen molar-refractivity contribution in [1.29, 1.82) is 0 Å². The van der Waals surface area contributed by atoms with Gasteiger partial charge in [0.15, 0.2) is 17.3 Å². The molecular weight excluding hydrogens is 510 g/mol. The third-order valence-corrected chi connectivity index (χ3v) is 7.48. The monoisotopic (exact) mass is 541 g/mol. The first-order valence-electron chi connectivity index (χ1n) is 13.3. The summed E-state index contributed by atoms with van der Waals surface area (Å²) in [5.74, 6) is 1.46. The molecule has 1 aliphatic heterocycles. The summed E-state index contributed by atoms with van der Waals surface area (Å²) in [6.07, 6.45) is 2.19. The molecule has 0 unspecified atom stereocenters. The lowest BCUT2D eigenvalue weighted by Gasteiger charge is -2.35. The zero-order valence-corrected chi connectivity index (χ0v) is 23.6. The zero-order valence-electron chi connectivity index (χ0n) is 23.6. The van der Waals surface area contributed by atoms with Crippen LogP contribution in [0.15, 0.2) is 87.3 Å². The van der Waals surface area contributed by atoms with Crippen LogP contribution in [0.5, 0.6) is 0 Å². The van der Waals surface area contributed by atoms with Crippen LogP contribution in [0.1, 0.15) is 33.7 Å². The van der Waals surface area contributed by atoms with E-state index in [0.717, 1.165) is 44.9 Å². The molecule has 0 amide bonds. The minimum Gasteiger partial charge on any atom is -0.441 e. The van der Waals surface area contributed by atoms with Crippen LogP contribution >= 0.6 is 0 Å². The molecule has 0 aliphatic carbocycles. The van der Waals surface area contributed by atoms with Crippen molar-refractivity contribution in [2.45, 2.75) is 27.3 Å². The fourth-order valence-corrected chi connectivity index (χ4v) is 5.58. The summed E-state index contributed by atoms with van der Waals surface area (Å²) in [5.41, 5.74) is 17.5. The Morgan fingerprint density at radius 3 is 2.56 bits per heavy atom. The van der Waals surface area contributed by atoms with E-state index in [9.17, 15) is 0 Å². The molecule has 0 fully saturated rings. The van der Waals surface area contributed by atoms with Gasteiger partial charge in [0.1, 0.15) is 17.0 Å². The summed E-state index contributed by atoms with van der Waals surface area (Å²) in [6, 6.07) is 20.4. The number of amidine groups is 1. The number of nitrogens with two attached hydrogens (primary N) is 1. The van der Waals surface area contributed by atoms with Crippen molar-refractivity contribution in [2.75, 3.05) is 11.9 Å². The smallest absolute Gasteiger partial charge is 0.192 e. The van der Waals surface area contributed by atoms with Gasteiger partial charge in [-0.3, -0.25) is 4.99 Å². The van der Waals surface area contributed by atoms with E-state index in [-0.39, 0.29) is 0 Å². The molecule has 6 rings (SSSR count). The van der Waals surface area contributed by atoms with Crippen molar-refractivity contribution in [3.05, 3.63) is 107 Å². The molecule has 8 nitrogen and oxygen atoms in total. The van der Waals surface area contributed by atoms with Gasteiger partial charge in [0.25, 0.3) is 0 Å². The lowest BCUT2D eigenvalue weighted by molar-refractivity contribution is 0.561. The number of aromatic nitrogens is 3. The number of fused-ring (bicyclic) bond motifs is 2. The average Bonchev–Trinajstić information content (AvgIpc) is 3.52. The Balaban J connectivity index is 1.54. The summed E-state index contributed by atoms with van der Waals surface area (Å²) in [5, 5.41) is 5.04. The van der Waals surface area contributed by atoms with Gasteiger partial charge in [-0.1, -0.05) is 43.0 Å². The first-order chi connectivity index (χ1) is 19.8. The molecule has 204 valence electrons. The minimum atomic E-state index is 0.323. The quantitative estimate of drug-likeness (QED) is 0.188. The van der Waals surface area contributed by atoms with Gasteiger partial charge in [0, 0.05) is 42.2 Å². The van der Waals surface area contributed by atoms with Crippen LogP contribution in [0.25, 0.3) is 34.1 Å². The molecule has 0 radical (unpaired) electrons. The molecule has 0 saturated heterocycles. The molecule has 0 bridgehead atoms. The lowest BCUT2D eigenvalue weighted by atomic mass is 9.93. The van der Waals surface area contributed by atoms with Crippen molar-refractivity contribution in [1.82, 2.24) is 14.8 Å². The highest BCUT2D eigenvalue weighted by molar-refractivity contribution is 6.07. The fraction of sp³-hybridized carbons (Fsp3) is 0.152. The van der Waals surface area contributed by atoms with Gasteiger partial charge >= 0.3 is 0 Å². The second-order valence-electron chi connectivity index (χ2n) is 10.1. The molecule has 2 N–H and O–H groups in total. The van der Waals surface area contributed by atoms with Crippen LogP contribution in [0.2, 0.25) is 0 Å². The molecule has 0 spiro atoms. The number of anilines is 1. The summed E-state index contributed by atoms with van der Waals surface area (Å²) >= 11 is 0. The number of aryl methyl sites for hydroxylation is 3. The van der Waals surface area contributed by atoms with E-state index in [1.165, 1.54) is 5.56 Å². The second kappa shape index (κ2) is 10.1. The summed E-state index contributed by atoms with van der Waals surface area (Å²) < 4.78 is 7.52. The van der Waals surface area contributed by atoms with Gasteiger partial charge in [-0.15, -0.1) is 0 Å². The minimum absolute atomic E-state index is 0.323. The van der Waals surface area contributed by atoms with Crippen LogP contribution in [0, 0.1) is 20.8 Å². The van der Waals surface area contributed by atoms with Gasteiger partial charge in [0.2, 0.25) is 0 Å². The van der Waals surface area contributed by atoms with Crippen LogP contribution in [0.4, 0.5) is 11.5 Å². The summed E-state index contributed by atoms with van der Waals surface area (Å²) in [7, 11) is 1.65. The summed E-state index contributed by atoms with van der Waals surface area (Å²) in [6.45, 7) is 14.9. The first kappa shape index (κ1) is 26.0. The van der Waals surface area contributed by atoms with Crippen molar-refractivity contribution >= 4 is 46.9 Å². The van der Waals surface area contributed by atoms with Crippen molar-refractivity contribution in [2.24, 2.45) is 15.7 Å². The maximum Gasteiger partial charge on any atom is 0.192 e. The van der Waals surface area contributed by atoms with Crippen LogP contribution in [-0.2, 0) is 6.54 Å². The number of benzene rings is 3. The van der Waals surface area contributed by atoms with Gasteiger partial charge in [0.05, 0.1) is 12.1 Å². The van der Waals surface area contributed by atoms with Gasteiger partial charge in [-0.05, 0) is 67.6 Å². The average molecular weight is 542 g/mol. The number of nitrogens with zero attached hydrogens (tertiary/aromatic N) is 6. The molecule has 2 aromatic heterocycles. The molecule has 0 saturated carbocycles. The van der Waals surface area contributed by atoms with E-state index >= 15 is 0 Å². The third-order valence-electron chi connectivity index (χ3n) is 7.48. The second-order valence-corrected chi connectivity index (χ2v) is 10.1. The van der Waals surface area contributed by atoms with Crippen LogP contribution in [0.3, 0.4) is 0 Å². The highest BCUT2D eigenvalue weighted by Gasteiger charge is 2.28. The molecule has 8 heteroatoms. The number of oxazole rings is 1. The summed E-state index contributed by atoms with van der Waals surface area (Å²) in [4.78, 5) is 15.4.